The molecule has 0 saturated heterocycles. The lowest BCUT2D eigenvalue weighted by Crippen LogP contribution is -2.32. The van der Waals surface area contributed by atoms with E-state index in [9.17, 15) is 13.6 Å². The Morgan fingerprint density at radius 1 is 1.00 bits per heavy atom. The highest BCUT2D eigenvalue weighted by Gasteiger charge is 2.24. The van der Waals surface area contributed by atoms with E-state index in [0.29, 0.717) is 22.6 Å². The van der Waals surface area contributed by atoms with Gasteiger partial charge in [0, 0.05) is 35.9 Å². The van der Waals surface area contributed by atoms with Crippen LogP contribution in [0.3, 0.4) is 0 Å². The molecule has 0 saturated carbocycles. The Bertz CT molecular complexity index is 1490. The maximum Gasteiger partial charge on any atom is 0.268 e. The smallest absolute Gasteiger partial charge is 0.268 e. The van der Waals surface area contributed by atoms with Crippen molar-refractivity contribution in [3.8, 4) is 0 Å². The minimum absolute atomic E-state index is 0.190. The topological polar surface area (TPSA) is 51.9 Å². The molecule has 1 unspecified atom stereocenters. The third-order valence-electron chi connectivity index (χ3n) is 5.90. The second-order valence-electron chi connectivity index (χ2n) is 8.12. The summed E-state index contributed by atoms with van der Waals surface area (Å²) in [5.74, 6) is -0.544. The molecule has 5 aromatic rings. The molecule has 3 aromatic carbocycles. The summed E-state index contributed by atoms with van der Waals surface area (Å²) in [6.07, 6.45) is 3.39. The van der Waals surface area contributed by atoms with Crippen LogP contribution in [0.25, 0.3) is 10.9 Å². The second kappa shape index (κ2) is 8.94. The number of fused-ring (bicyclic) bond motifs is 1. The van der Waals surface area contributed by atoms with Crippen LogP contribution in [-0.2, 0) is 13.6 Å². The third-order valence-corrected chi connectivity index (χ3v) is 5.90. The Balaban J connectivity index is 1.57. The number of hydrogen-bond donors (Lipinski definition) is 1. The lowest BCUT2D eigenvalue weighted by Gasteiger charge is -2.20. The molecule has 7 heteroatoms. The van der Waals surface area contributed by atoms with Crippen LogP contribution >= 0.6 is 0 Å². The lowest BCUT2D eigenvalue weighted by molar-refractivity contribution is 0.0932. The van der Waals surface area contributed by atoms with E-state index in [1.54, 1.807) is 57.9 Å². The number of benzene rings is 3. The number of nitrogens with one attached hydrogen (secondary N) is 1. The normalized spacial score (nSPS) is 12.1. The third kappa shape index (κ3) is 4.08. The molecular formula is C27H22F2N4O. The van der Waals surface area contributed by atoms with Crippen molar-refractivity contribution in [3.05, 3.63) is 126 Å². The molecule has 0 spiro atoms. The minimum atomic E-state index is -0.678. The molecule has 0 aliphatic carbocycles. The first-order valence-corrected chi connectivity index (χ1v) is 10.9. The molecule has 1 N–H and O–H groups in total. The fraction of sp³-hybridized carbons (Fsp3) is 0.111. The van der Waals surface area contributed by atoms with Gasteiger partial charge in [0.25, 0.3) is 5.91 Å². The fourth-order valence-corrected chi connectivity index (χ4v) is 4.21. The molecule has 0 aliphatic rings. The minimum Gasteiger partial charge on any atom is -0.337 e. The number of aromatic nitrogens is 3. The van der Waals surface area contributed by atoms with Crippen molar-refractivity contribution in [2.75, 3.05) is 0 Å². The van der Waals surface area contributed by atoms with Gasteiger partial charge in [0.1, 0.15) is 29.2 Å². The van der Waals surface area contributed by atoms with Gasteiger partial charge in [0.05, 0.1) is 6.54 Å². The maximum atomic E-state index is 14.5. The molecule has 5 nitrogen and oxygen atoms in total. The van der Waals surface area contributed by atoms with Crippen LogP contribution in [0.1, 0.15) is 33.5 Å². The van der Waals surface area contributed by atoms with E-state index in [2.05, 4.69) is 10.3 Å². The van der Waals surface area contributed by atoms with Crippen molar-refractivity contribution in [2.24, 2.45) is 7.05 Å². The van der Waals surface area contributed by atoms with Crippen molar-refractivity contribution < 1.29 is 13.6 Å². The number of halogens is 2. The van der Waals surface area contributed by atoms with Gasteiger partial charge < -0.3 is 14.5 Å². The molecule has 34 heavy (non-hydrogen) atoms. The number of amides is 1. The first-order valence-electron chi connectivity index (χ1n) is 10.9. The number of carbonyl (C=O) groups is 1. The number of hydrogen-bond acceptors (Lipinski definition) is 2. The Labute approximate surface area is 195 Å². The second-order valence-corrected chi connectivity index (χ2v) is 8.12. The summed E-state index contributed by atoms with van der Waals surface area (Å²) in [5.41, 5.74) is 2.23. The summed E-state index contributed by atoms with van der Waals surface area (Å²) < 4.78 is 32.1. The standard InChI is InChI=1S/C27H22F2N4O/c1-32-14-13-30-26(32)25(19-9-6-10-21(28)15-19)31-27(34)24-16-18-7-3-5-12-23(18)33(24)17-20-8-2-4-11-22(20)29/h2-16,25H,17H2,1H3,(H,31,34). The average Bonchev–Trinajstić information content (AvgIpc) is 3.42. The predicted octanol–water partition coefficient (Wildman–Crippen LogP) is 5.22. The van der Waals surface area contributed by atoms with Crippen molar-refractivity contribution in [1.29, 1.82) is 0 Å². The summed E-state index contributed by atoms with van der Waals surface area (Å²) >= 11 is 0. The monoisotopic (exact) mass is 456 g/mol. The number of rotatable bonds is 6. The summed E-state index contributed by atoms with van der Waals surface area (Å²) in [6.45, 7) is 0.190. The Morgan fingerprint density at radius 2 is 1.79 bits per heavy atom. The number of imidazole rings is 1. The summed E-state index contributed by atoms with van der Waals surface area (Å²) in [5, 5.41) is 3.88. The van der Waals surface area contributed by atoms with Crippen molar-refractivity contribution in [3.63, 3.8) is 0 Å². The Kier molecular flexibility index (Phi) is 5.67. The summed E-state index contributed by atoms with van der Waals surface area (Å²) in [6, 6.07) is 21.3. The first kappa shape index (κ1) is 21.6. The van der Waals surface area contributed by atoms with E-state index >= 15 is 0 Å². The van der Waals surface area contributed by atoms with Gasteiger partial charge in [-0.15, -0.1) is 0 Å². The van der Waals surface area contributed by atoms with Gasteiger partial charge in [0.2, 0.25) is 0 Å². The molecule has 0 radical (unpaired) electrons. The Morgan fingerprint density at radius 3 is 2.56 bits per heavy atom. The molecule has 0 bridgehead atoms. The highest BCUT2D eigenvalue weighted by Crippen LogP contribution is 2.25. The van der Waals surface area contributed by atoms with Crippen molar-refractivity contribution in [1.82, 2.24) is 19.4 Å². The van der Waals surface area contributed by atoms with Gasteiger partial charge in [-0.05, 0) is 35.9 Å². The molecule has 1 atom stereocenters. The van der Waals surface area contributed by atoms with Crippen molar-refractivity contribution in [2.45, 2.75) is 12.6 Å². The molecule has 0 fully saturated rings. The van der Waals surface area contributed by atoms with Crippen LogP contribution in [-0.4, -0.2) is 20.0 Å². The number of nitrogens with zero attached hydrogens (tertiary/aromatic N) is 3. The van der Waals surface area contributed by atoms with Crippen molar-refractivity contribution >= 4 is 16.8 Å². The molecule has 1 amide bonds. The lowest BCUT2D eigenvalue weighted by atomic mass is 10.1. The van der Waals surface area contributed by atoms with Gasteiger partial charge in [-0.3, -0.25) is 4.79 Å². The number of aryl methyl sites for hydroxylation is 1. The maximum absolute atomic E-state index is 14.5. The van der Waals surface area contributed by atoms with E-state index in [1.165, 1.54) is 18.2 Å². The largest absolute Gasteiger partial charge is 0.337 e. The SMILES string of the molecule is Cn1ccnc1C(NC(=O)c1cc2ccccc2n1Cc1ccccc1F)c1cccc(F)c1. The number of para-hydroxylation sites is 1. The fourth-order valence-electron chi connectivity index (χ4n) is 4.21. The van der Waals surface area contributed by atoms with Crippen LogP contribution < -0.4 is 5.32 Å². The molecular weight excluding hydrogens is 434 g/mol. The highest BCUT2D eigenvalue weighted by molar-refractivity contribution is 5.99. The molecule has 2 aromatic heterocycles. The van der Waals surface area contributed by atoms with E-state index < -0.39 is 11.9 Å². The number of carbonyl (C=O) groups excluding carboxylic acids is 1. The first-order chi connectivity index (χ1) is 16.5. The van der Waals surface area contributed by atoms with Crippen LogP contribution in [0.5, 0.6) is 0 Å². The molecule has 5 rings (SSSR count). The van der Waals surface area contributed by atoms with E-state index in [1.807, 2.05) is 31.3 Å². The van der Waals surface area contributed by atoms with Gasteiger partial charge in [-0.2, -0.15) is 0 Å². The van der Waals surface area contributed by atoms with Crippen LogP contribution in [0.2, 0.25) is 0 Å². The van der Waals surface area contributed by atoms with Gasteiger partial charge in [0.15, 0.2) is 0 Å². The predicted molar refractivity (Wildman–Crippen MR) is 126 cm³/mol. The summed E-state index contributed by atoms with van der Waals surface area (Å²) in [7, 11) is 1.82. The zero-order valence-corrected chi connectivity index (χ0v) is 18.5. The zero-order chi connectivity index (χ0) is 23.7. The van der Waals surface area contributed by atoms with Gasteiger partial charge in [-0.1, -0.05) is 48.5 Å². The molecule has 2 heterocycles. The van der Waals surface area contributed by atoms with E-state index in [0.717, 1.165) is 10.9 Å². The van der Waals surface area contributed by atoms with Gasteiger partial charge >= 0.3 is 0 Å². The highest BCUT2D eigenvalue weighted by atomic mass is 19.1. The van der Waals surface area contributed by atoms with E-state index in [4.69, 9.17) is 0 Å². The Hall–Kier alpha value is -4.26. The van der Waals surface area contributed by atoms with Crippen LogP contribution in [0, 0.1) is 11.6 Å². The van der Waals surface area contributed by atoms with Crippen LogP contribution in [0.15, 0.2) is 91.3 Å². The molecule has 170 valence electrons. The van der Waals surface area contributed by atoms with Crippen LogP contribution in [0.4, 0.5) is 8.78 Å². The zero-order valence-electron chi connectivity index (χ0n) is 18.5. The quantitative estimate of drug-likeness (QED) is 0.381. The average molecular weight is 456 g/mol. The summed E-state index contributed by atoms with van der Waals surface area (Å²) in [4.78, 5) is 18.0. The molecule has 0 aliphatic heterocycles. The van der Waals surface area contributed by atoms with Gasteiger partial charge in [-0.25, -0.2) is 13.8 Å². The van der Waals surface area contributed by atoms with E-state index in [-0.39, 0.29) is 18.3 Å².